The molecule has 0 amide bonds. The molecule has 0 bridgehead atoms. The number of aromatic nitrogens is 2. The van der Waals surface area contributed by atoms with Crippen LogP contribution in [0.4, 0.5) is 13.2 Å². The smallest absolute Gasteiger partial charge is 0.329 e. The molecular weight excluding hydrogens is 271 g/mol. The molecule has 1 saturated heterocycles. The number of nitrogens with zero attached hydrogens (tertiary/aromatic N) is 4. The van der Waals surface area contributed by atoms with Gasteiger partial charge in [-0.05, 0) is 6.07 Å². The topological polar surface area (TPSA) is 58.3 Å². The Morgan fingerprint density at radius 1 is 1.25 bits per heavy atom. The molecule has 20 heavy (non-hydrogen) atoms. The number of nitrogens with two attached hydrogens (primary N) is 1. The van der Waals surface area contributed by atoms with E-state index in [1.54, 1.807) is 12.3 Å². The lowest BCUT2D eigenvalue weighted by Gasteiger charge is -2.38. The van der Waals surface area contributed by atoms with Gasteiger partial charge in [-0.2, -0.15) is 13.2 Å². The van der Waals surface area contributed by atoms with Gasteiger partial charge in [0.1, 0.15) is 6.33 Å². The summed E-state index contributed by atoms with van der Waals surface area (Å²) in [6, 6.07) is 1.73. The van der Waals surface area contributed by atoms with Crippen LogP contribution >= 0.6 is 0 Å². The van der Waals surface area contributed by atoms with Gasteiger partial charge in [-0.15, -0.1) is 0 Å². The summed E-state index contributed by atoms with van der Waals surface area (Å²) in [6.07, 6.45) is -1.04. The van der Waals surface area contributed by atoms with Gasteiger partial charge in [-0.3, -0.25) is 9.80 Å². The first-order valence-corrected chi connectivity index (χ1v) is 6.49. The molecule has 1 aromatic rings. The van der Waals surface area contributed by atoms with Crippen LogP contribution in [0.15, 0.2) is 18.6 Å². The van der Waals surface area contributed by atoms with Crippen LogP contribution in [0.5, 0.6) is 0 Å². The van der Waals surface area contributed by atoms with Crippen molar-refractivity contribution in [1.82, 2.24) is 19.8 Å². The van der Waals surface area contributed by atoms with Gasteiger partial charge in [0.2, 0.25) is 0 Å². The zero-order chi connectivity index (χ0) is 14.6. The number of hydrogen-bond donors (Lipinski definition) is 1. The van der Waals surface area contributed by atoms with Crippen LogP contribution in [0.2, 0.25) is 0 Å². The molecule has 0 saturated carbocycles. The molecule has 2 N–H and O–H groups in total. The molecule has 1 atom stereocenters. The average molecular weight is 289 g/mol. The highest BCUT2D eigenvalue weighted by molar-refractivity contribution is 5.06. The van der Waals surface area contributed by atoms with Crippen LogP contribution in [0.3, 0.4) is 0 Å². The number of alkyl halides is 3. The molecule has 0 aromatic carbocycles. The zero-order valence-corrected chi connectivity index (χ0v) is 11.1. The lowest BCUT2D eigenvalue weighted by Crippen LogP contribution is -2.51. The van der Waals surface area contributed by atoms with Gasteiger partial charge in [0.05, 0.1) is 18.3 Å². The Kier molecular flexibility index (Phi) is 4.90. The lowest BCUT2D eigenvalue weighted by atomic mass is 10.1. The molecular formula is C12H18F3N5. The van der Waals surface area contributed by atoms with Gasteiger partial charge in [0.25, 0.3) is 0 Å². The van der Waals surface area contributed by atoms with E-state index in [2.05, 4.69) is 14.9 Å². The molecule has 5 nitrogen and oxygen atoms in total. The van der Waals surface area contributed by atoms with E-state index in [-0.39, 0.29) is 6.04 Å². The normalized spacial score (nSPS) is 20.0. The third kappa shape index (κ3) is 4.12. The van der Waals surface area contributed by atoms with Gasteiger partial charge in [0, 0.05) is 38.9 Å². The molecule has 0 spiro atoms. The summed E-state index contributed by atoms with van der Waals surface area (Å²) in [7, 11) is 0. The second-order valence-corrected chi connectivity index (χ2v) is 4.81. The van der Waals surface area contributed by atoms with Crippen LogP contribution in [-0.4, -0.2) is 65.2 Å². The van der Waals surface area contributed by atoms with Crippen molar-refractivity contribution in [1.29, 1.82) is 0 Å². The molecule has 0 radical (unpaired) electrons. The van der Waals surface area contributed by atoms with Crippen molar-refractivity contribution < 1.29 is 13.2 Å². The van der Waals surface area contributed by atoms with E-state index in [1.165, 1.54) is 11.2 Å². The van der Waals surface area contributed by atoms with E-state index in [4.69, 9.17) is 5.73 Å². The van der Waals surface area contributed by atoms with E-state index < -0.39 is 12.7 Å². The number of hydrogen-bond acceptors (Lipinski definition) is 5. The van der Waals surface area contributed by atoms with Gasteiger partial charge in [0.15, 0.2) is 0 Å². The summed E-state index contributed by atoms with van der Waals surface area (Å²) in [6.45, 7) is 1.43. The average Bonchev–Trinajstić information content (AvgIpc) is 2.41. The predicted octanol–water partition coefficient (Wildman–Crippen LogP) is 0.656. The minimum absolute atomic E-state index is 0.0639. The first kappa shape index (κ1) is 15.1. The summed E-state index contributed by atoms with van der Waals surface area (Å²) >= 11 is 0. The molecule has 8 heteroatoms. The van der Waals surface area contributed by atoms with Crippen LogP contribution in [0.1, 0.15) is 11.7 Å². The van der Waals surface area contributed by atoms with Crippen molar-refractivity contribution in [2.75, 3.05) is 39.3 Å². The molecule has 1 unspecified atom stereocenters. The first-order valence-electron chi connectivity index (χ1n) is 6.49. The fourth-order valence-corrected chi connectivity index (χ4v) is 2.44. The van der Waals surface area contributed by atoms with Crippen molar-refractivity contribution in [2.45, 2.75) is 12.2 Å². The molecule has 2 rings (SSSR count). The molecule has 1 aliphatic rings. The van der Waals surface area contributed by atoms with E-state index in [0.29, 0.717) is 32.7 Å². The fraction of sp³-hybridized carbons (Fsp3) is 0.667. The van der Waals surface area contributed by atoms with E-state index in [9.17, 15) is 13.2 Å². The van der Waals surface area contributed by atoms with E-state index in [0.717, 1.165) is 5.69 Å². The third-order valence-electron chi connectivity index (χ3n) is 3.42. The SMILES string of the molecule is NCC(c1ccncn1)N1CCN(CC(F)(F)F)CC1. The Morgan fingerprint density at radius 3 is 2.45 bits per heavy atom. The maximum Gasteiger partial charge on any atom is 0.401 e. The quantitative estimate of drug-likeness (QED) is 0.882. The summed E-state index contributed by atoms with van der Waals surface area (Å²) in [4.78, 5) is 11.5. The minimum atomic E-state index is -4.14. The first-order chi connectivity index (χ1) is 9.49. The van der Waals surface area contributed by atoms with Crippen molar-refractivity contribution in [3.8, 4) is 0 Å². The summed E-state index contributed by atoms with van der Waals surface area (Å²) in [5.74, 6) is 0. The maximum absolute atomic E-state index is 12.3. The standard InChI is InChI=1S/C12H18F3N5/c13-12(14,15)8-19-3-5-20(6-4-19)11(7-16)10-1-2-17-9-18-10/h1-2,9,11H,3-8,16H2. The Hall–Kier alpha value is -1.25. The van der Waals surface area contributed by atoms with Crippen LogP contribution in [0, 0.1) is 0 Å². The third-order valence-corrected chi connectivity index (χ3v) is 3.42. The molecule has 1 aliphatic heterocycles. The molecule has 0 aliphatic carbocycles. The lowest BCUT2D eigenvalue weighted by molar-refractivity contribution is -0.149. The van der Waals surface area contributed by atoms with E-state index >= 15 is 0 Å². The molecule has 1 fully saturated rings. The van der Waals surface area contributed by atoms with Crippen LogP contribution in [-0.2, 0) is 0 Å². The number of rotatable bonds is 4. The highest BCUT2D eigenvalue weighted by Crippen LogP contribution is 2.21. The Labute approximate surface area is 115 Å². The Morgan fingerprint density at radius 2 is 1.95 bits per heavy atom. The predicted molar refractivity (Wildman–Crippen MR) is 67.9 cm³/mol. The largest absolute Gasteiger partial charge is 0.401 e. The number of piperazine rings is 1. The molecule has 2 heterocycles. The minimum Gasteiger partial charge on any atom is -0.329 e. The second-order valence-electron chi connectivity index (χ2n) is 4.81. The zero-order valence-electron chi connectivity index (χ0n) is 11.1. The molecule has 112 valence electrons. The van der Waals surface area contributed by atoms with E-state index in [1.807, 2.05) is 0 Å². The van der Waals surface area contributed by atoms with Crippen LogP contribution in [0.25, 0.3) is 0 Å². The number of halogens is 3. The fourth-order valence-electron chi connectivity index (χ4n) is 2.44. The van der Waals surface area contributed by atoms with Crippen molar-refractivity contribution in [3.05, 3.63) is 24.3 Å². The highest BCUT2D eigenvalue weighted by Gasteiger charge is 2.33. The summed E-state index contributed by atoms with van der Waals surface area (Å²) in [5, 5.41) is 0. The van der Waals surface area contributed by atoms with Gasteiger partial charge < -0.3 is 5.73 Å². The van der Waals surface area contributed by atoms with Crippen LogP contribution < -0.4 is 5.73 Å². The van der Waals surface area contributed by atoms with Gasteiger partial charge >= 0.3 is 6.18 Å². The maximum atomic E-state index is 12.3. The Bertz CT molecular complexity index is 403. The summed E-state index contributed by atoms with van der Waals surface area (Å²) < 4.78 is 37.0. The second kappa shape index (κ2) is 6.47. The van der Waals surface area contributed by atoms with Crippen molar-refractivity contribution >= 4 is 0 Å². The summed E-state index contributed by atoms with van der Waals surface area (Å²) in [5.41, 5.74) is 6.59. The molecule has 1 aromatic heterocycles. The van der Waals surface area contributed by atoms with Gasteiger partial charge in [-0.25, -0.2) is 9.97 Å². The van der Waals surface area contributed by atoms with Gasteiger partial charge in [-0.1, -0.05) is 0 Å². The monoisotopic (exact) mass is 289 g/mol. The van der Waals surface area contributed by atoms with Crippen molar-refractivity contribution in [3.63, 3.8) is 0 Å². The highest BCUT2D eigenvalue weighted by atomic mass is 19.4. The Balaban J connectivity index is 1.92. The van der Waals surface area contributed by atoms with Crippen molar-refractivity contribution in [2.24, 2.45) is 5.73 Å².